The van der Waals surface area contributed by atoms with Gasteiger partial charge in [-0.1, -0.05) is 31.3 Å². The molecule has 0 aliphatic heterocycles. The van der Waals surface area contributed by atoms with Crippen molar-refractivity contribution in [3.05, 3.63) is 34.3 Å². The van der Waals surface area contributed by atoms with Gasteiger partial charge in [0.15, 0.2) is 11.5 Å². The standard InChI is InChI=1S/C17H18N4O3S/c1-4-24-14-8-11(5-6-13(14)22)7-12(9-18)15(23)19-17-21-20-16(25-17)10(2)3/h5-8,10,22H,4H2,1-3H3,(H,19,21,23)/b12-7-. The van der Waals surface area contributed by atoms with Crippen molar-refractivity contribution in [1.29, 1.82) is 5.26 Å². The molecule has 1 aromatic heterocycles. The summed E-state index contributed by atoms with van der Waals surface area (Å²) in [6.45, 7) is 6.14. The SMILES string of the molecule is CCOc1cc(/C=C(/C#N)C(=O)Nc2nnc(C(C)C)s2)ccc1O. The number of carbonyl (C=O) groups is 1. The number of carbonyl (C=O) groups excluding carboxylic acids is 1. The quantitative estimate of drug-likeness (QED) is 0.606. The maximum absolute atomic E-state index is 12.3. The van der Waals surface area contributed by atoms with Crippen molar-refractivity contribution in [2.45, 2.75) is 26.7 Å². The zero-order chi connectivity index (χ0) is 18.4. The third-order valence-electron chi connectivity index (χ3n) is 3.11. The average molecular weight is 358 g/mol. The molecule has 25 heavy (non-hydrogen) atoms. The number of nitrogens with zero attached hydrogens (tertiary/aromatic N) is 3. The van der Waals surface area contributed by atoms with E-state index in [1.54, 1.807) is 19.1 Å². The van der Waals surface area contributed by atoms with Crippen molar-refractivity contribution < 1.29 is 14.6 Å². The Morgan fingerprint density at radius 3 is 2.84 bits per heavy atom. The van der Waals surface area contributed by atoms with Crippen LogP contribution in [0.1, 0.15) is 37.3 Å². The van der Waals surface area contributed by atoms with E-state index in [1.165, 1.54) is 23.5 Å². The second kappa shape index (κ2) is 8.26. The van der Waals surface area contributed by atoms with Crippen molar-refractivity contribution in [2.75, 3.05) is 11.9 Å². The fourth-order valence-electron chi connectivity index (χ4n) is 1.89. The molecule has 0 atom stereocenters. The summed E-state index contributed by atoms with van der Waals surface area (Å²) in [6, 6.07) is 6.46. The molecule has 2 rings (SSSR count). The summed E-state index contributed by atoms with van der Waals surface area (Å²) in [5, 5.41) is 30.6. The maximum Gasteiger partial charge on any atom is 0.268 e. The molecule has 1 aromatic carbocycles. The Bertz CT molecular complexity index is 837. The number of aromatic hydroxyl groups is 1. The van der Waals surface area contributed by atoms with Gasteiger partial charge in [-0.2, -0.15) is 5.26 Å². The first-order valence-corrected chi connectivity index (χ1v) is 8.48. The number of amides is 1. The topological polar surface area (TPSA) is 108 Å². The number of rotatable bonds is 6. The Hall–Kier alpha value is -2.92. The minimum absolute atomic E-state index is 0.00275. The molecule has 7 nitrogen and oxygen atoms in total. The van der Waals surface area contributed by atoms with E-state index in [0.717, 1.165) is 5.01 Å². The van der Waals surface area contributed by atoms with Gasteiger partial charge in [0, 0.05) is 5.92 Å². The van der Waals surface area contributed by atoms with Gasteiger partial charge < -0.3 is 9.84 Å². The Morgan fingerprint density at radius 1 is 1.48 bits per heavy atom. The van der Waals surface area contributed by atoms with Gasteiger partial charge in [-0.05, 0) is 30.7 Å². The Morgan fingerprint density at radius 2 is 2.24 bits per heavy atom. The average Bonchev–Trinajstić information content (AvgIpc) is 3.04. The van der Waals surface area contributed by atoms with Crippen LogP contribution in [0.15, 0.2) is 23.8 Å². The van der Waals surface area contributed by atoms with Gasteiger partial charge >= 0.3 is 0 Å². The molecule has 0 fully saturated rings. The fraction of sp³-hybridized carbons (Fsp3) is 0.294. The summed E-state index contributed by atoms with van der Waals surface area (Å²) in [5.74, 6) is -0.0696. The molecule has 2 N–H and O–H groups in total. The molecular formula is C17H18N4O3S. The molecular weight excluding hydrogens is 340 g/mol. The lowest BCUT2D eigenvalue weighted by Crippen LogP contribution is -2.13. The van der Waals surface area contributed by atoms with Crippen LogP contribution in [-0.4, -0.2) is 27.8 Å². The molecule has 0 saturated heterocycles. The molecule has 0 unspecified atom stereocenters. The summed E-state index contributed by atoms with van der Waals surface area (Å²) in [4.78, 5) is 12.3. The molecule has 0 saturated carbocycles. The number of nitrogens with one attached hydrogen (secondary N) is 1. The summed E-state index contributed by atoms with van der Waals surface area (Å²) >= 11 is 1.27. The summed E-state index contributed by atoms with van der Waals surface area (Å²) < 4.78 is 5.29. The van der Waals surface area contributed by atoms with Crippen molar-refractivity contribution >= 4 is 28.5 Å². The van der Waals surface area contributed by atoms with Gasteiger partial charge in [0.05, 0.1) is 6.61 Å². The van der Waals surface area contributed by atoms with Gasteiger partial charge in [0.25, 0.3) is 5.91 Å². The molecule has 0 aliphatic rings. The van der Waals surface area contributed by atoms with Gasteiger partial charge in [-0.3, -0.25) is 10.1 Å². The van der Waals surface area contributed by atoms with Crippen LogP contribution >= 0.6 is 11.3 Å². The Kier molecular flexibility index (Phi) is 6.08. The smallest absolute Gasteiger partial charge is 0.268 e. The molecule has 130 valence electrons. The highest BCUT2D eigenvalue weighted by Gasteiger charge is 2.14. The summed E-state index contributed by atoms with van der Waals surface area (Å²) in [6.07, 6.45) is 1.42. The number of benzene rings is 1. The molecule has 0 radical (unpaired) electrons. The van der Waals surface area contributed by atoms with Crippen molar-refractivity contribution in [1.82, 2.24) is 10.2 Å². The Balaban J connectivity index is 2.20. The first kappa shape index (κ1) is 18.4. The molecule has 2 aromatic rings. The van der Waals surface area contributed by atoms with E-state index in [0.29, 0.717) is 23.1 Å². The van der Waals surface area contributed by atoms with Crippen LogP contribution in [0, 0.1) is 11.3 Å². The van der Waals surface area contributed by atoms with Crippen LogP contribution in [0.3, 0.4) is 0 Å². The fourth-order valence-corrected chi connectivity index (χ4v) is 2.63. The minimum Gasteiger partial charge on any atom is -0.504 e. The van der Waals surface area contributed by atoms with E-state index in [9.17, 15) is 15.2 Å². The van der Waals surface area contributed by atoms with Crippen molar-refractivity contribution in [3.63, 3.8) is 0 Å². The highest BCUT2D eigenvalue weighted by molar-refractivity contribution is 7.15. The first-order valence-electron chi connectivity index (χ1n) is 7.67. The number of hydrogen-bond acceptors (Lipinski definition) is 7. The second-order valence-corrected chi connectivity index (χ2v) is 6.39. The highest BCUT2D eigenvalue weighted by Crippen LogP contribution is 2.28. The van der Waals surface area contributed by atoms with Crippen LogP contribution in [0.25, 0.3) is 6.08 Å². The minimum atomic E-state index is -0.569. The molecule has 0 spiro atoms. The molecule has 0 aliphatic carbocycles. The van der Waals surface area contributed by atoms with E-state index in [1.807, 2.05) is 19.9 Å². The number of anilines is 1. The number of phenols is 1. The summed E-state index contributed by atoms with van der Waals surface area (Å²) in [7, 11) is 0. The van der Waals surface area contributed by atoms with E-state index in [2.05, 4.69) is 15.5 Å². The zero-order valence-electron chi connectivity index (χ0n) is 14.1. The molecule has 1 amide bonds. The van der Waals surface area contributed by atoms with E-state index >= 15 is 0 Å². The van der Waals surface area contributed by atoms with Crippen LogP contribution < -0.4 is 10.1 Å². The second-order valence-electron chi connectivity index (χ2n) is 5.38. The van der Waals surface area contributed by atoms with Crippen LogP contribution in [0.4, 0.5) is 5.13 Å². The lowest BCUT2D eigenvalue weighted by atomic mass is 10.1. The number of phenolic OH excluding ortho intramolecular Hbond substituents is 1. The first-order chi connectivity index (χ1) is 11.9. The predicted octanol–water partition coefficient (Wildman–Crippen LogP) is 3.31. The van der Waals surface area contributed by atoms with Gasteiger partial charge in [-0.25, -0.2) is 0 Å². The zero-order valence-corrected chi connectivity index (χ0v) is 14.9. The van der Waals surface area contributed by atoms with Gasteiger partial charge in [0.1, 0.15) is 16.6 Å². The van der Waals surface area contributed by atoms with Gasteiger partial charge in [0.2, 0.25) is 5.13 Å². The monoisotopic (exact) mass is 358 g/mol. The number of ether oxygens (including phenoxy) is 1. The summed E-state index contributed by atoms with van der Waals surface area (Å²) in [5.41, 5.74) is 0.475. The molecule has 8 heteroatoms. The van der Waals surface area contributed by atoms with E-state index in [-0.39, 0.29) is 17.2 Å². The van der Waals surface area contributed by atoms with E-state index in [4.69, 9.17) is 4.74 Å². The maximum atomic E-state index is 12.3. The third kappa shape index (κ3) is 4.78. The van der Waals surface area contributed by atoms with Crippen LogP contribution in [0.2, 0.25) is 0 Å². The van der Waals surface area contributed by atoms with Crippen LogP contribution in [0.5, 0.6) is 11.5 Å². The lowest BCUT2D eigenvalue weighted by molar-refractivity contribution is -0.112. The number of nitriles is 1. The Labute approximate surface area is 149 Å². The lowest BCUT2D eigenvalue weighted by Gasteiger charge is -2.06. The third-order valence-corrected chi connectivity index (χ3v) is 4.25. The number of aromatic nitrogens is 2. The van der Waals surface area contributed by atoms with Gasteiger partial charge in [-0.15, -0.1) is 10.2 Å². The highest BCUT2D eigenvalue weighted by atomic mass is 32.1. The molecule has 1 heterocycles. The largest absolute Gasteiger partial charge is 0.504 e. The number of hydrogen-bond donors (Lipinski definition) is 2. The van der Waals surface area contributed by atoms with Crippen LogP contribution in [-0.2, 0) is 4.79 Å². The van der Waals surface area contributed by atoms with Crippen molar-refractivity contribution in [3.8, 4) is 17.6 Å². The van der Waals surface area contributed by atoms with E-state index < -0.39 is 5.91 Å². The predicted molar refractivity (Wildman–Crippen MR) is 95.5 cm³/mol. The van der Waals surface area contributed by atoms with Crippen molar-refractivity contribution in [2.24, 2.45) is 0 Å². The molecule has 0 bridgehead atoms. The normalized spacial score (nSPS) is 11.2.